The zero-order chi connectivity index (χ0) is 18.7. The number of rotatable bonds is 6. The highest BCUT2D eigenvalue weighted by Gasteiger charge is 2.23. The average Bonchev–Trinajstić information content (AvgIpc) is 3.05. The van der Waals surface area contributed by atoms with E-state index in [2.05, 4.69) is 45.9 Å². The Morgan fingerprint density at radius 3 is 2.62 bits per heavy atom. The molecule has 3 aromatic rings. The number of carbonyl (C=O) groups excluding carboxylic acids is 1. The van der Waals surface area contributed by atoms with Crippen LogP contribution < -0.4 is 4.90 Å². The lowest BCUT2D eigenvalue weighted by molar-refractivity contribution is 0.0984. The molecule has 0 fully saturated rings. The summed E-state index contributed by atoms with van der Waals surface area (Å²) in [5, 5.41) is 0.757. The second-order valence-corrected chi connectivity index (χ2v) is 9.06. The minimum atomic E-state index is 0.00149. The molecule has 0 aliphatic rings. The molecule has 0 aliphatic carbocycles. The number of thiazole rings is 1. The largest absolute Gasteiger partial charge is 0.308 e. The number of hydrogen-bond acceptors (Lipinski definition) is 5. The fraction of sp³-hybridized carbons (Fsp3) is 0.263. The van der Waals surface area contributed by atoms with Crippen molar-refractivity contribution >= 4 is 66.9 Å². The van der Waals surface area contributed by atoms with Crippen LogP contribution in [0.15, 0.2) is 47.4 Å². The zero-order valence-electron chi connectivity index (χ0n) is 14.9. The SMILES string of the molecule is CSc1cccc2sc(N(CCN(C)C)C(=O)c3ccccc3I)nc12. The molecule has 0 bridgehead atoms. The van der Waals surface area contributed by atoms with Crippen LogP contribution in [-0.2, 0) is 0 Å². The van der Waals surface area contributed by atoms with Crippen molar-refractivity contribution in [3.63, 3.8) is 0 Å². The van der Waals surface area contributed by atoms with Crippen LogP contribution in [0, 0.1) is 3.57 Å². The van der Waals surface area contributed by atoms with Gasteiger partial charge < -0.3 is 4.90 Å². The molecule has 1 aromatic heterocycles. The molecule has 1 amide bonds. The lowest BCUT2D eigenvalue weighted by atomic mass is 10.2. The van der Waals surface area contributed by atoms with E-state index >= 15 is 0 Å². The fourth-order valence-corrected chi connectivity index (χ4v) is 4.82. The molecule has 0 unspecified atom stereocenters. The molecule has 136 valence electrons. The van der Waals surface area contributed by atoms with E-state index in [1.807, 2.05) is 49.3 Å². The van der Waals surface area contributed by atoms with Gasteiger partial charge in [0.2, 0.25) is 0 Å². The number of hydrogen-bond donors (Lipinski definition) is 0. The Hall–Kier alpha value is -1.16. The first-order chi connectivity index (χ1) is 12.5. The first-order valence-electron chi connectivity index (χ1n) is 8.16. The Bertz CT molecular complexity index is 926. The highest BCUT2D eigenvalue weighted by molar-refractivity contribution is 14.1. The highest BCUT2D eigenvalue weighted by atomic mass is 127. The third-order valence-electron chi connectivity index (χ3n) is 3.94. The van der Waals surface area contributed by atoms with Crippen LogP contribution in [0.25, 0.3) is 10.2 Å². The number of thioether (sulfide) groups is 1. The Labute approximate surface area is 175 Å². The summed E-state index contributed by atoms with van der Waals surface area (Å²) < 4.78 is 2.06. The van der Waals surface area contributed by atoms with E-state index in [0.717, 1.165) is 35.9 Å². The number of amides is 1. The van der Waals surface area contributed by atoms with Gasteiger partial charge in [-0.1, -0.05) is 29.5 Å². The number of benzene rings is 2. The molecule has 0 aliphatic heterocycles. The van der Waals surface area contributed by atoms with Gasteiger partial charge in [0.15, 0.2) is 5.13 Å². The minimum absolute atomic E-state index is 0.00149. The van der Waals surface area contributed by atoms with Gasteiger partial charge in [-0.15, -0.1) is 11.8 Å². The number of anilines is 1. The summed E-state index contributed by atoms with van der Waals surface area (Å²) in [5.74, 6) is 0.00149. The molecule has 26 heavy (non-hydrogen) atoms. The van der Waals surface area contributed by atoms with Gasteiger partial charge in [-0.2, -0.15) is 0 Å². The number of halogens is 1. The van der Waals surface area contributed by atoms with Gasteiger partial charge >= 0.3 is 0 Å². The van der Waals surface area contributed by atoms with Crippen molar-refractivity contribution in [1.29, 1.82) is 0 Å². The van der Waals surface area contributed by atoms with Crippen molar-refractivity contribution in [2.24, 2.45) is 0 Å². The summed E-state index contributed by atoms with van der Waals surface area (Å²) in [4.78, 5) is 23.1. The Morgan fingerprint density at radius 1 is 1.15 bits per heavy atom. The Kier molecular flexibility index (Phi) is 6.55. The number of fused-ring (bicyclic) bond motifs is 1. The molecule has 0 atom stereocenters. The van der Waals surface area contributed by atoms with E-state index in [1.165, 1.54) is 0 Å². The minimum Gasteiger partial charge on any atom is -0.308 e. The predicted octanol–water partition coefficient (Wildman–Crippen LogP) is 4.83. The Morgan fingerprint density at radius 2 is 1.92 bits per heavy atom. The van der Waals surface area contributed by atoms with Crippen molar-refractivity contribution in [3.05, 3.63) is 51.6 Å². The van der Waals surface area contributed by atoms with Crippen LogP contribution in [0.2, 0.25) is 0 Å². The maximum atomic E-state index is 13.3. The van der Waals surface area contributed by atoms with Gasteiger partial charge in [0, 0.05) is 21.6 Å². The maximum absolute atomic E-state index is 13.3. The normalized spacial score (nSPS) is 11.3. The molecule has 2 aromatic carbocycles. The molecular formula is C19H20IN3OS2. The van der Waals surface area contributed by atoms with Crippen LogP contribution in [0.4, 0.5) is 5.13 Å². The van der Waals surface area contributed by atoms with Crippen LogP contribution in [0.1, 0.15) is 10.4 Å². The molecule has 7 heteroatoms. The van der Waals surface area contributed by atoms with Crippen molar-refractivity contribution in [2.75, 3.05) is 38.3 Å². The third kappa shape index (κ3) is 4.21. The number of likely N-dealkylation sites (N-methyl/N-ethyl adjacent to an activating group) is 1. The van der Waals surface area contributed by atoms with Gasteiger partial charge in [-0.05, 0) is 67.2 Å². The van der Waals surface area contributed by atoms with Crippen LogP contribution in [0.5, 0.6) is 0 Å². The smallest absolute Gasteiger partial charge is 0.261 e. The molecule has 0 saturated heterocycles. The highest BCUT2D eigenvalue weighted by Crippen LogP contribution is 2.34. The van der Waals surface area contributed by atoms with Crippen molar-refractivity contribution < 1.29 is 4.79 Å². The number of para-hydroxylation sites is 1. The lowest BCUT2D eigenvalue weighted by Crippen LogP contribution is -2.37. The standard InChI is InChI=1S/C19H20IN3OS2/c1-22(2)11-12-23(18(24)13-7-4-5-8-14(13)20)19-21-17-15(25-3)9-6-10-16(17)26-19/h4-10H,11-12H2,1-3H3. The topological polar surface area (TPSA) is 36.4 Å². The molecule has 0 radical (unpaired) electrons. The summed E-state index contributed by atoms with van der Waals surface area (Å²) in [6.07, 6.45) is 2.05. The maximum Gasteiger partial charge on any atom is 0.261 e. The van der Waals surface area contributed by atoms with E-state index in [0.29, 0.717) is 6.54 Å². The van der Waals surface area contributed by atoms with Crippen molar-refractivity contribution in [1.82, 2.24) is 9.88 Å². The third-order valence-corrected chi connectivity index (χ3v) is 6.70. The second kappa shape index (κ2) is 8.69. The van der Waals surface area contributed by atoms with Crippen molar-refractivity contribution in [3.8, 4) is 0 Å². The Balaban J connectivity index is 2.04. The van der Waals surface area contributed by atoms with Gasteiger partial charge in [0.1, 0.15) is 0 Å². The zero-order valence-corrected chi connectivity index (χ0v) is 18.7. The summed E-state index contributed by atoms with van der Waals surface area (Å²) in [6, 6.07) is 13.9. The quantitative estimate of drug-likeness (QED) is 0.361. The van der Waals surface area contributed by atoms with E-state index in [-0.39, 0.29) is 5.91 Å². The van der Waals surface area contributed by atoms with E-state index in [4.69, 9.17) is 4.98 Å². The molecule has 3 rings (SSSR count). The van der Waals surface area contributed by atoms with E-state index in [9.17, 15) is 4.79 Å². The number of carbonyl (C=O) groups is 1. The van der Waals surface area contributed by atoms with Crippen LogP contribution in [0.3, 0.4) is 0 Å². The molecule has 0 spiro atoms. The first-order valence-corrected chi connectivity index (χ1v) is 11.3. The fourth-order valence-electron chi connectivity index (χ4n) is 2.56. The number of aromatic nitrogens is 1. The predicted molar refractivity (Wildman–Crippen MR) is 121 cm³/mol. The molecule has 4 nitrogen and oxygen atoms in total. The van der Waals surface area contributed by atoms with Gasteiger partial charge in [0.25, 0.3) is 5.91 Å². The van der Waals surface area contributed by atoms with Gasteiger partial charge in [0.05, 0.1) is 15.8 Å². The van der Waals surface area contributed by atoms with E-state index < -0.39 is 0 Å². The van der Waals surface area contributed by atoms with E-state index in [1.54, 1.807) is 23.1 Å². The van der Waals surface area contributed by atoms with Crippen LogP contribution >= 0.6 is 45.7 Å². The van der Waals surface area contributed by atoms with Crippen LogP contribution in [-0.4, -0.2) is 49.2 Å². The summed E-state index contributed by atoms with van der Waals surface area (Å²) in [6.45, 7) is 1.38. The summed E-state index contributed by atoms with van der Waals surface area (Å²) >= 11 is 5.47. The summed E-state index contributed by atoms with van der Waals surface area (Å²) in [7, 11) is 4.03. The summed E-state index contributed by atoms with van der Waals surface area (Å²) in [5.41, 5.74) is 1.70. The first kappa shape index (κ1) is 19.6. The van der Waals surface area contributed by atoms with Gasteiger partial charge in [-0.3, -0.25) is 9.69 Å². The molecule has 1 heterocycles. The molecular weight excluding hydrogens is 477 g/mol. The van der Waals surface area contributed by atoms with Crippen molar-refractivity contribution in [2.45, 2.75) is 4.90 Å². The number of nitrogens with zero attached hydrogens (tertiary/aromatic N) is 3. The average molecular weight is 497 g/mol. The molecule has 0 N–H and O–H groups in total. The second-order valence-electron chi connectivity index (χ2n) is 6.04. The molecule has 0 saturated carbocycles. The van der Waals surface area contributed by atoms with Gasteiger partial charge in [-0.25, -0.2) is 4.98 Å². The monoisotopic (exact) mass is 497 g/mol. The lowest BCUT2D eigenvalue weighted by Gasteiger charge is -2.22.